The fourth-order valence-electron chi connectivity index (χ4n) is 4.18. The quantitative estimate of drug-likeness (QED) is 0.256. The number of rotatable bonds is 2. The van der Waals surface area contributed by atoms with Gasteiger partial charge in [-0.15, -0.1) is 10.0 Å². The highest BCUT2D eigenvalue weighted by Gasteiger charge is 2.41. The van der Waals surface area contributed by atoms with Crippen LogP contribution in [-0.2, 0) is 0 Å². The summed E-state index contributed by atoms with van der Waals surface area (Å²) in [4.78, 5) is 5.66. The normalized spacial score (nSPS) is 15.0. The van der Waals surface area contributed by atoms with Crippen molar-refractivity contribution in [2.45, 2.75) is 33.4 Å². The fraction of sp³-hybridized carbons (Fsp3) is 0.0769. The highest BCUT2D eigenvalue weighted by molar-refractivity contribution is 9.10. The predicted molar refractivity (Wildman–Crippen MR) is 123 cm³/mol. The maximum absolute atomic E-state index is 3.74. The van der Waals surface area contributed by atoms with Gasteiger partial charge in [0.2, 0.25) is 0 Å². The molecule has 0 bridgehead atoms. The molecule has 0 fully saturated rings. The molecule has 0 N–H and O–H groups in total. The topological polar surface area (TPSA) is 0 Å². The van der Waals surface area contributed by atoms with Crippen LogP contribution < -0.4 is 0 Å². The largest absolute Gasteiger partial charge is 0.132 e. The lowest BCUT2D eigenvalue weighted by Gasteiger charge is -2.39. The molecule has 0 aliphatic carbocycles. The Bertz CT molecular complexity index is 1130. The van der Waals surface area contributed by atoms with E-state index in [1.807, 2.05) is 0 Å². The van der Waals surface area contributed by atoms with Crippen molar-refractivity contribution in [2.24, 2.45) is 0 Å². The van der Waals surface area contributed by atoms with Gasteiger partial charge in [-0.2, -0.15) is 0 Å². The Kier molecular flexibility index (Phi) is 4.22. The predicted octanol–water partition coefficient (Wildman–Crippen LogP) is 8.39. The van der Waals surface area contributed by atoms with Gasteiger partial charge in [-0.1, -0.05) is 75.6 Å². The minimum absolute atomic E-state index is 1.13. The minimum Gasteiger partial charge on any atom is -0.132 e. The summed E-state index contributed by atoms with van der Waals surface area (Å²) in [5.74, 6) is 0. The first-order valence-electron chi connectivity index (χ1n) is 9.46. The van der Waals surface area contributed by atoms with Gasteiger partial charge in [0.1, 0.15) is 0 Å². The van der Waals surface area contributed by atoms with Crippen molar-refractivity contribution in [3.63, 3.8) is 0 Å². The van der Waals surface area contributed by atoms with E-state index in [9.17, 15) is 0 Å². The van der Waals surface area contributed by atoms with Gasteiger partial charge >= 0.3 is 0 Å². The van der Waals surface area contributed by atoms with Gasteiger partial charge in [-0.25, -0.2) is 0 Å². The molecule has 0 atom stereocenters. The van der Waals surface area contributed by atoms with Crippen LogP contribution >= 0.6 is 26.0 Å². The second-order valence-electron chi connectivity index (χ2n) is 7.38. The number of fused-ring (bicyclic) bond motifs is 3. The lowest BCUT2D eigenvalue weighted by molar-refractivity contribution is 1.26. The Labute approximate surface area is 176 Å². The first-order chi connectivity index (χ1) is 13.6. The number of hydrogen-bond donors (Lipinski definition) is 0. The Morgan fingerprint density at radius 1 is 0.571 bits per heavy atom. The van der Waals surface area contributed by atoms with Gasteiger partial charge in [0, 0.05) is 24.1 Å². The molecule has 138 valence electrons. The van der Waals surface area contributed by atoms with E-state index >= 15 is 0 Å². The van der Waals surface area contributed by atoms with Crippen LogP contribution in [-0.4, -0.2) is 0 Å². The lowest BCUT2D eigenvalue weighted by atomic mass is 10.1. The summed E-state index contributed by atoms with van der Waals surface area (Å²) < 4.78 is 1.13. The van der Waals surface area contributed by atoms with Gasteiger partial charge in [-0.3, -0.25) is 0 Å². The zero-order valence-electron chi connectivity index (χ0n) is 15.9. The first kappa shape index (κ1) is 17.8. The molecule has 2 heteroatoms. The summed E-state index contributed by atoms with van der Waals surface area (Å²) in [5.41, 5.74) is 5.31. The molecule has 0 unspecified atom stereocenters. The van der Waals surface area contributed by atoms with Gasteiger partial charge in [0.15, 0.2) is 0 Å². The highest BCUT2D eigenvalue weighted by Crippen LogP contribution is 2.80. The average Bonchev–Trinajstić information content (AvgIpc) is 3.00. The molecule has 4 aromatic rings. The highest BCUT2D eigenvalue weighted by atomic mass is 79.9. The number of aryl methyl sites for hydroxylation is 2. The molecule has 0 aromatic heterocycles. The zero-order chi connectivity index (χ0) is 19.3. The third-order valence-corrected chi connectivity index (χ3v) is 9.99. The van der Waals surface area contributed by atoms with Crippen LogP contribution in [0.2, 0.25) is 0 Å². The Morgan fingerprint density at radius 3 is 1.71 bits per heavy atom. The number of hydrogen-bond acceptors (Lipinski definition) is 0. The second kappa shape index (κ2) is 6.65. The summed E-state index contributed by atoms with van der Waals surface area (Å²) in [5, 5.41) is 0. The molecular weight excluding hydrogens is 424 g/mol. The van der Waals surface area contributed by atoms with Crippen molar-refractivity contribution >= 4 is 26.0 Å². The average molecular weight is 445 g/mol. The van der Waals surface area contributed by atoms with Crippen molar-refractivity contribution in [1.29, 1.82) is 0 Å². The number of benzene rings is 4. The fourth-order valence-corrected chi connectivity index (χ4v) is 8.90. The van der Waals surface area contributed by atoms with Crippen molar-refractivity contribution in [1.82, 2.24) is 0 Å². The van der Waals surface area contributed by atoms with Crippen molar-refractivity contribution in [3.8, 4) is 11.1 Å². The van der Waals surface area contributed by atoms with Gasteiger partial charge in [0.05, 0.1) is 0 Å². The summed E-state index contributed by atoms with van der Waals surface area (Å²) in [7, 11) is -1.52. The minimum atomic E-state index is -1.52. The van der Waals surface area contributed by atoms with E-state index in [0.29, 0.717) is 0 Å². The molecule has 0 nitrogen and oxygen atoms in total. The third-order valence-electron chi connectivity index (χ3n) is 5.53. The van der Waals surface area contributed by atoms with Crippen molar-refractivity contribution < 1.29 is 0 Å². The molecule has 0 radical (unpaired) electrons. The summed E-state index contributed by atoms with van der Waals surface area (Å²) >= 11 is 3.74. The number of halogens is 1. The molecule has 0 amide bonds. The van der Waals surface area contributed by atoms with Crippen LogP contribution in [0.5, 0.6) is 0 Å². The van der Waals surface area contributed by atoms with Crippen LogP contribution in [0.1, 0.15) is 11.1 Å². The Balaban J connectivity index is 1.96. The third kappa shape index (κ3) is 2.52. The molecule has 0 spiro atoms. The van der Waals surface area contributed by atoms with E-state index in [-0.39, 0.29) is 0 Å². The molecule has 28 heavy (non-hydrogen) atoms. The van der Waals surface area contributed by atoms with Crippen LogP contribution in [0.15, 0.2) is 115 Å². The summed E-state index contributed by atoms with van der Waals surface area (Å²) in [6.07, 6.45) is 0. The van der Waals surface area contributed by atoms with Crippen LogP contribution in [0, 0.1) is 13.8 Å². The van der Waals surface area contributed by atoms with E-state index in [2.05, 4.69) is 121 Å². The van der Waals surface area contributed by atoms with Crippen molar-refractivity contribution in [2.75, 3.05) is 0 Å². The van der Waals surface area contributed by atoms with Gasteiger partial charge in [0.25, 0.3) is 0 Å². The Hall–Kier alpha value is -2.29. The van der Waals surface area contributed by atoms with E-state index in [1.165, 1.54) is 41.8 Å². The molecular formula is C26H21BrS. The first-order valence-corrected chi connectivity index (χ1v) is 11.9. The maximum Gasteiger partial charge on any atom is 0.0186 e. The van der Waals surface area contributed by atoms with E-state index < -0.39 is 10.0 Å². The van der Waals surface area contributed by atoms with E-state index in [1.54, 1.807) is 0 Å². The van der Waals surface area contributed by atoms with Crippen LogP contribution in [0.3, 0.4) is 0 Å². The van der Waals surface area contributed by atoms with E-state index in [4.69, 9.17) is 0 Å². The standard InChI is InChI=1S/C26H21BrS/c1-18-7-12-21(13-8-18)28(22-14-9-19(2)10-15-22)25-6-4-3-5-23(25)24-16-11-20(27)17-26(24)28/h3-17H,1-2H3. The maximum atomic E-state index is 3.74. The van der Waals surface area contributed by atoms with Gasteiger partial charge in [-0.05, 0) is 67.4 Å². The molecule has 0 saturated heterocycles. The molecule has 1 aliphatic rings. The molecule has 4 aromatic carbocycles. The molecule has 5 rings (SSSR count). The van der Waals surface area contributed by atoms with Crippen LogP contribution in [0.25, 0.3) is 11.1 Å². The lowest BCUT2D eigenvalue weighted by Crippen LogP contribution is -2.02. The van der Waals surface area contributed by atoms with Crippen molar-refractivity contribution in [3.05, 3.63) is 107 Å². The molecule has 1 heterocycles. The summed E-state index contributed by atoms with van der Waals surface area (Å²) in [6, 6.07) is 34.0. The molecule has 1 aliphatic heterocycles. The SMILES string of the molecule is Cc1ccc(S2(c3ccc(C)cc3)c3ccccc3-c3ccc(Br)cc32)cc1. The van der Waals surface area contributed by atoms with Crippen LogP contribution in [0.4, 0.5) is 0 Å². The molecule has 0 saturated carbocycles. The summed E-state index contributed by atoms with van der Waals surface area (Å²) in [6.45, 7) is 4.32. The van der Waals surface area contributed by atoms with Gasteiger partial charge < -0.3 is 0 Å². The Morgan fingerprint density at radius 2 is 1.11 bits per heavy atom. The monoisotopic (exact) mass is 444 g/mol. The van der Waals surface area contributed by atoms with E-state index in [0.717, 1.165) is 4.47 Å². The smallest absolute Gasteiger partial charge is 0.0186 e. The second-order valence-corrected chi connectivity index (χ2v) is 11.3. The zero-order valence-corrected chi connectivity index (χ0v) is 18.3.